The first-order valence-corrected chi connectivity index (χ1v) is 10.4. The Morgan fingerprint density at radius 2 is 2.15 bits per heavy atom. The van der Waals surface area contributed by atoms with Crippen LogP contribution in [-0.4, -0.2) is 25.8 Å². The minimum Gasteiger partial charge on any atom is -0.396 e. The van der Waals surface area contributed by atoms with E-state index in [4.69, 9.17) is 11.0 Å². The van der Waals surface area contributed by atoms with Gasteiger partial charge >= 0.3 is 0 Å². The number of aromatic nitrogens is 4. The lowest BCUT2D eigenvalue weighted by molar-refractivity contribution is -0.117. The fourth-order valence-electron chi connectivity index (χ4n) is 3.65. The van der Waals surface area contributed by atoms with Gasteiger partial charge in [-0.1, -0.05) is 0 Å². The Hall–Kier alpha value is -4.32. The van der Waals surface area contributed by atoms with Gasteiger partial charge in [-0.25, -0.2) is 14.4 Å². The van der Waals surface area contributed by atoms with Crippen molar-refractivity contribution in [2.75, 3.05) is 11.1 Å². The third-order valence-corrected chi connectivity index (χ3v) is 5.60. The van der Waals surface area contributed by atoms with E-state index < -0.39 is 5.82 Å². The number of carbonyl (C=O) groups excluding carboxylic acids is 1. The van der Waals surface area contributed by atoms with Crippen molar-refractivity contribution in [3.8, 4) is 17.2 Å². The number of nitrogen functional groups attached to an aromatic ring is 1. The largest absolute Gasteiger partial charge is 0.396 e. The zero-order valence-corrected chi connectivity index (χ0v) is 17.9. The molecule has 0 saturated heterocycles. The molecule has 1 fully saturated rings. The van der Waals surface area contributed by atoms with Gasteiger partial charge in [0.2, 0.25) is 5.91 Å². The van der Waals surface area contributed by atoms with Crippen LogP contribution in [0.5, 0.6) is 0 Å². The summed E-state index contributed by atoms with van der Waals surface area (Å²) in [6, 6.07) is 7.27. The highest BCUT2D eigenvalue weighted by molar-refractivity contribution is 6.00. The van der Waals surface area contributed by atoms with E-state index in [0.717, 1.165) is 12.0 Å². The molecule has 0 radical (unpaired) electrons. The molecule has 1 aliphatic rings. The maximum atomic E-state index is 14.9. The number of nitrogens with two attached hydrogens (primary N) is 1. The van der Waals surface area contributed by atoms with E-state index in [9.17, 15) is 9.18 Å². The van der Waals surface area contributed by atoms with Crippen LogP contribution in [0, 0.1) is 35.9 Å². The van der Waals surface area contributed by atoms with Crippen LogP contribution in [0.3, 0.4) is 0 Å². The second-order valence-corrected chi connectivity index (χ2v) is 7.85. The summed E-state index contributed by atoms with van der Waals surface area (Å²) in [5.41, 5.74) is 7.92. The topological polar surface area (TPSA) is 133 Å². The number of amides is 1. The first-order chi connectivity index (χ1) is 16.0. The van der Waals surface area contributed by atoms with Crippen LogP contribution < -0.4 is 11.1 Å². The fraction of sp³-hybridized carbons (Fsp3) is 0.208. The number of pyridine rings is 2. The van der Waals surface area contributed by atoms with Gasteiger partial charge in [0.1, 0.15) is 5.82 Å². The molecular weight excluding hydrogens is 421 g/mol. The van der Waals surface area contributed by atoms with E-state index in [0.29, 0.717) is 34.1 Å². The molecule has 0 spiro atoms. The van der Waals surface area contributed by atoms with E-state index in [2.05, 4.69) is 31.3 Å². The van der Waals surface area contributed by atoms with Crippen LogP contribution in [0.25, 0.3) is 21.9 Å². The van der Waals surface area contributed by atoms with Crippen molar-refractivity contribution in [1.82, 2.24) is 19.9 Å². The summed E-state index contributed by atoms with van der Waals surface area (Å²) in [5, 5.41) is 12.7. The number of hydrogen-bond donors (Lipinski definition) is 3. The first-order valence-electron chi connectivity index (χ1n) is 10.4. The van der Waals surface area contributed by atoms with Gasteiger partial charge < -0.3 is 16.0 Å². The molecule has 1 aromatic carbocycles. The molecule has 1 amide bonds. The second kappa shape index (κ2) is 9.44. The molecule has 1 aliphatic carbocycles. The first kappa shape index (κ1) is 21.9. The standard InChI is InChI=1S/C21H18FN5O.C3H4N2/c1-11-3-5-25-9-16(11)15-7-13-8-18(26-10-17(13)20(24)19(15)22)27-21(28)14-6-12(14)2-4-23;1-2-5-3-4-1/h3,5,7-10,12,14H,2,6,24H2,1H3,(H,26,27,28);1-3H,(H,4,5)/t12?,14-;/m1./s1. The van der Waals surface area contributed by atoms with E-state index >= 15 is 0 Å². The minimum absolute atomic E-state index is 0.0115. The Kier molecular flexibility index (Phi) is 6.26. The number of imidazole rings is 1. The summed E-state index contributed by atoms with van der Waals surface area (Å²) >= 11 is 0. The summed E-state index contributed by atoms with van der Waals surface area (Å²) in [6.07, 6.45) is 10.9. The summed E-state index contributed by atoms with van der Waals surface area (Å²) in [5.74, 6) is -0.315. The van der Waals surface area contributed by atoms with Gasteiger partial charge in [-0.3, -0.25) is 9.78 Å². The third kappa shape index (κ3) is 4.80. The summed E-state index contributed by atoms with van der Waals surface area (Å²) in [7, 11) is 0. The molecule has 5 rings (SSSR count). The Morgan fingerprint density at radius 3 is 2.82 bits per heavy atom. The SMILES string of the molecule is Cc1ccncc1-c1cc2cc(NC(=O)[C@@H]3CC3CC#N)ncc2c(N)c1F.c1c[nH]cn1. The molecule has 3 heterocycles. The number of benzene rings is 1. The Morgan fingerprint density at radius 1 is 1.30 bits per heavy atom. The Labute approximate surface area is 189 Å². The van der Waals surface area contributed by atoms with Gasteiger partial charge in [-0.15, -0.1) is 0 Å². The van der Waals surface area contributed by atoms with Crippen LogP contribution in [0.2, 0.25) is 0 Å². The Bertz CT molecular complexity index is 1310. The lowest BCUT2D eigenvalue weighted by atomic mass is 9.98. The molecule has 166 valence electrons. The number of carbonyl (C=O) groups is 1. The zero-order chi connectivity index (χ0) is 23.4. The van der Waals surface area contributed by atoms with Crippen molar-refractivity contribution in [2.24, 2.45) is 11.8 Å². The number of anilines is 2. The van der Waals surface area contributed by atoms with E-state index in [1.807, 2.05) is 6.92 Å². The van der Waals surface area contributed by atoms with Crippen molar-refractivity contribution < 1.29 is 9.18 Å². The van der Waals surface area contributed by atoms with Gasteiger partial charge in [0.15, 0.2) is 5.82 Å². The molecule has 4 N–H and O–H groups in total. The number of halogens is 1. The van der Waals surface area contributed by atoms with Crippen molar-refractivity contribution in [2.45, 2.75) is 19.8 Å². The van der Waals surface area contributed by atoms with E-state index in [-0.39, 0.29) is 23.4 Å². The Balaban J connectivity index is 0.000000459. The molecule has 1 unspecified atom stereocenters. The van der Waals surface area contributed by atoms with Crippen LogP contribution in [-0.2, 0) is 4.79 Å². The van der Waals surface area contributed by atoms with Crippen molar-refractivity contribution in [3.63, 3.8) is 0 Å². The molecule has 3 aromatic heterocycles. The van der Waals surface area contributed by atoms with E-state index in [1.165, 1.54) is 6.20 Å². The highest BCUT2D eigenvalue weighted by Gasteiger charge is 2.42. The highest BCUT2D eigenvalue weighted by atomic mass is 19.1. The fourth-order valence-corrected chi connectivity index (χ4v) is 3.65. The average Bonchev–Trinajstić information content (AvgIpc) is 3.31. The van der Waals surface area contributed by atoms with Crippen LogP contribution >= 0.6 is 0 Å². The molecule has 0 aliphatic heterocycles. The summed E-state index contributed by atoms with van der Waals surface area (Å²) in [4.78, 5) is 27.0. The number of aryl methyl sites for hydroxylation is 1. The minimum atomic E-state index is -0.514. The van der Waals surface area contributed by atoms with Gasteiger partial charge in [-0.05, 0) is 48.4 Å². The number of nitrogens with zero attached hydrogens (tertiary/aromatic N) is 4. The molecule has 33 heavy (non-hydrogen) atoms. The predicted octanol–water partition coefficient (Wildman–Crippen LogP) is 4.22. The maximum Gasteiger partial charge on any atom is 0.228 e. The molecule has 4 aromatic rings. The van der Waals surface area contributed by atoms with Gasteiger partial charge in [0.25, 0.3) is 0 Å². The zero-order valence-electron chi connectivity index (χ0n) is 17.9. The lowest BCUT2D eigenvalue weighted by Crippen LogP contribution is -2.15. The number of rotatable bonds is 4. The molecule has 8 nitrogen and oxygen atoms in total. The lowest BCUT2D eigenvalue weighted by Gasteiger charge is -2.12. The van der Waals surface area contributed by atoms with Gasteiger partial charge in [0.05, 0.1) is 18.1 Å². The number of nitriles is 1. The van der Waals surface area contributed by atoms with Crippen LogP contribution in [0.15, 0.2) is 55.5 Å². The molecular formula is C24H22FN7O. The predicted molar refractivity (Wildman–Crippen MR) is 123 cm³/mol. The van der Waals surface area contributed by atoms with Gasteiger partial charge in [-0.2, -0.15) is 5.26 Å². The number of aromatic amines is 1. The average molecular weight is 443 g/mol. The smallest absolute Gasteiger partial charge is 0.228 e. The summed E-state index contributed by atoms with van der Waals surface area (Å²) in [6.45, 7) is 1.88. The van der Waals surface area contributed by atoms with Gasteiger partial charge in [0, 0.05) is 59.8 Å². The highest BCUT2D eigenvalue weighted by Crippen LogP contribution is 2.42. The third-order valence-electron chi connectivity index (χ3n) is 5.60. The normalized spacial score (nSPS) is 16.4. The number of H-pyrrole nitrogens is 1. The molecule has 2 atom stereocenters. The number of nitrogens with one attached hydrogen (secondary N) is 2. The number of fused-ring (bicyclic) bond motifs is 1. The van der Waals surface area contributed by atoms with Crippen LogP contribution in [0.4, 0.5) is 15.9 Å². The molecule has 0 bridgehead atoms. The quantitative estimate of drug-likeness (QED) is 0.404. The van der Waals surface area contributed by atoms with Crippen molar-refractivity contribution >= 4 is 28.2 Å². The monoisotopic (exact) mass is 443 g/mol. The second-order valence-electron chi connectivity index (χ2n) is 7.85. The number of hydrogen-bond acceptors (Lipinski definition) is 6. The summed E-state index contributed by atoms with van der Waals surface area (Å²) < 4.78 is 14.9. The van der Waals surface area contributed by atoms with E-state index in [1.54, 1.807) is 49.3 Å². The molecule has 9 heteroatoms. The van der Waals surface area contributed by atoms with Crippen molar-refractivity contribution in [1.29, 1.82) is 5.26 Å². The van der Waals surface area contributed by atoms with Crippen LogP contribution in [0.1, 0.15) is 18.4 Å². The van der Waals surface area contributed by atoms with Crippen molar-refractivity contribution in [3.05, 3.63) is 66.9 Å². The molecule has 1 saturated carbocycles. The maximum absolute atomic E-state index is 14.9.